The van der Waals surface area contributed by atoms with Gasteiger partial charge >= 0.3 is 6.18 Å². The van der Waals surface area contributed by atoms with Gasteiger partial charge in [-0.2, -0.15) is 23.3 Å². The van der Waals surface area contributed by atoms with Crippen molar-refractivity contribution in [1.82, 2.24) is 25.4 Å². The van der Waals surface area contributed by atoms with Crippen molar-refractivity contribution in [1.29, 1.82) is 0 Å². The van der Waals surface area contributed by atoms with Crippen molar-refractivity contribution >= 4 is 12.1 Å². The average molecular weight is 719 g/mol. The molecule has 2 N–H and O–H groups in total. The molecule has 0 bridgehead atoms. The summed E-state index contributed by atoms with van der Waals surface area (Å²) in [5.41, 5.74) is 4.07. The number of hydrogen-bond acceptors (Lipinski definition) is 10. The van der Waals surface area contributed by atoms with Crippen LogP contribution in [0, 0.1) is 5.82 Å². The Morgan fingerprint density at radius 1 is 0.885 bits per heavy atom. The maximum absolute atomic E-state index is 13.1. The van der Waals surface area contributed by atoms with Gasteiger partial charge in [0.2, 0.25) is 11.7 Å². The second-order valence-electron chi connectivity index (χ2n) is 12.0. The lowest BCUT2D eigenvalue weighted by Crippen LogP contribution is -2.48. The molecule has 0 unspecified atom stereocenters. The summed E-state index contributed by atoms with van der Waals surface area (Å²) in [6, 6.07) is 22.6. The Bertz CT molecular complexity index is 1980. The first kappa shape index (κ1) is 36.0. The molecule has 0 spiro atoms. The second-order valence-corrected chi connectivity index (χ2v) is 12.0. The maximum atomic E-state index is 13.1. The molecule has 1 saturated heterocycles. The van der Waals surface area contributed by atoms with Crippen LogP contribution in [0.3, 0.4) is 0 Å². The lowest BCUT2D eigenvalue weighted by atomic mass is 10.1. The van der Waals surface area contributed by atoms with E-state index in [4.69, 9.17) is 14.0 Å². The summed E-state index contributed by atoms with van der Waals surface area (Å²) in [5, 5.41) is 18.4. The number of halogens is 4. The lowest BCUT2D eigenvalue weighted by Gasteiger charge is -2.33. The standard InChI is InChI=1S/C37H34F4N6O5/c38-30-9-12-31(13-10-30)50-23-25-4-6-27(7-5-25)36-43-35(52-45-36)22-47-16-14-46(15-17-47)21-34(49)44-42-20-28-8-11-32(19-33(28)48)51-24-26-2-1-3-29(18-26)37(39,40)41/h1-13,18-20,48H,14-17,21-24H2,(H,44,49). The highest BCUT2D eigenvalue weighted by Crippen LogP contribution is 2.30. The number of phenols is 1. The third-order valence-electron chi connectivity index (χ3n) is 8.14. The topological polar surface area (TPSA) is 126 Å². The third kappa shape index (κ3) is 10.1. The molecule has 0 atom stereocenters. The first-order valence-electron chi connectivity index (χ1n) is 16.3. The molecule has 15 heteroatoms. The largest absolute Gasteiger partial charge is 0.507 e. The van der Waals surface area contributed by atoms with Crippen LogP contribution in [0.15, 0.2) is 101 Å². The van der Waals surface area contributed by atoms with Gasteiger partial charge in [-0.25, -0.2) is 9.82 Å². The molecule has 52 heavy (non-hydrogen) atoms. The van der Waals surface area contributed by atoms with Crippen molar-refractivity contribution in [3.8, 4) is 28.6 Å². The van der Waals surface area contributed by atoms with Gasteiger partial charge in [-0.3, -0.25) is 14.6 Å². The van der Waals surface area contributed by atoms with Crippen LogP contribution >= 0.6 is 0 Å². The summed E-state index contributed by atoms with van der Waals surface area (Å²) in [6.07, 6.45) is -3.16. The highest BCUT2D eigenvalue weighted by molar-refractivity contribution is 5.85. The number of ether oxygens (including phenoxy) is 2. The minimum Gasteiger partial charge on any atom is -0.507 e. The van der Waals surface area contributed by atoms with Gasteiger partial charge in [-0.15, -0.1) is 0 Å². The molecule has 0 saturated carbocycles. The number of carbonyl (C=O) groups excluding carboxylic acids is 1. The highest BCUT2D eigenvalue weighted by atomic mass is 19.4. The fourth-order valence-electron chi connectivity index (χ4n) is 5.32. The Balaban J connectivity index is 0.894. The van der Waals surface area contributed by atoms with Crippen LogP contribution in [0.4, 0.5) is 17.6 Å². The van der Waals surface area contributed by atoms with E-state index in [0.717, 1.165) is 23.3 Å². The van der Waals surface area contributed by atoms with Gasteiger partial charge in [0.15, 0.2) is 0 Å². The number of alkyl halides is 3. The highest BCUT2D eigenvalue weighted by Gasteiger charge is 2.30. The van der Waals surface area contributed by atoms with E-state index in [1.54, 1.807) is 18.2 Å². The molecule has 0 aliphatic carbocycles. The normalized spacial score (nSPS) is 14.1. The van der Waals surface area contributed by atoms with Crippen molar-refractivity contribution in [3.63, 3.8) is 0 Å². The fourth-order valence-corrected chi connectivity index (χ4v) is 5.32. The summed E-state index contributed by atoms with van der Waals surface area (Å²) >= 11 is 0. The van der Waals surface area contributed by atoms with Crippen LogP contribution in [0.1, 0.15) is 28.1 Å². The molecule has 0 radical (unpaired) electrons. The number of benzene rings is 4. The van der Waals surface area contributed by atoms with Crippen molar-refractivity contribution < 1.29 is 41.5 Å². The van der Waals surface area contributed by atoms with Crippen LogP contribution in [0.2, 0.25) is 0 Å². The lowest BCUT2D eigenvalue weighted by molar-refractivity contribution is -0.137. The molecule has 2 heterocycles. The van der Waals surface area contributed by atoms with E-state index >= 15 is 0 Å². The van der Waals surface area contributed by atoms with E-state index in [1.807, 2.05) is 29.2 Å². The Hall–Kier alpha value is -5.80. The predicted molar refractivity (Wildman–Crippen MR) is 182 cm³/mol. The Labute approximate surface area is 296 Å². The fraction of sp³-hybridized carbons (Fsp3) is 0.243. The van der Waals surface area contributed by atoms with Gasteiger partial charge in [0.25, 0.3) is 5.91 Å². The van der Waals surface area contributed by atoms with E-state index in [0.29, 0.717) is 67.9 Å². The van der Waals surface area contributed by atoms with E-state index in [9.17, 15) is 27.5 Å². The number of amides is 1. The summed E-state index contributed by atoms with van der Waals surface area (Å²) in [7, 11) is 0. The van der Waals surface area contributed by atoms with Gasteiger partial charge in [-0.05, 0) is 59.7 Å². The van der Waals surface area contributed by atoms with Crippen LogP contribution in [-0.4, -0.2) is 69.9 Å². The number of hydrogen-bond donors (Lipinski definition) is 2. The first-order valence-corrected chi connectivity index (χ1v) is 16.3. The minimum atomic E-state index is -4.45. The summed E-state index contributed by atoms with van der Waals surface area (Å²) < 4.78 is 68.6. The number of rotatable bonds is 13. The molecule has 6 rings (SSSR count). The molecule has 4 aromatic carbocycles. The monoisotopic (exact) mass is 718 g/mol. The SMILES string of the molecule is O=C(CN1CCN(Cc2nc(-c3ccc(COc4ccc(F)cc4)cc3)no2)CC1)NN=Cc1ccc(OCc2cccc(C(F)(F)F)c2)cc1O. The molecule has 1 aromatic heterocycles. The summed E-state index contributed by atoms with van der Waals surface area (Å²) in [4.78, 5) is 21.2. The number of carbonyl (C=O) groups is 1. The molecule has 1 aliphatic rings. The number of piperazine rings is 1. The van der Waals surface area contributed by atoms with Crippen molar-refractivity contribution in [3.05, 3.63) is 125 Å². The van der Waals surface area contributed by atoms with Gasteiger partial charge in [0.05, 0.1) is 24.9 Å². The number of nitrogens with zero attached hydrogens (tertiary/aromatic N) is 5. The predicted octanol–water partition coefficient (Wildman–Crippen LogP) is 6.03. The second kappa shape index (κ2) is 16.5. The van der Waals surface area contributed by atoms with Crippen LogP contribution < -0.4 is 14.9 Å². The van der Waals surface area contributed by atoms with Gasteiger partial charge in [0, 0.05) is 43.4 Å². The minimum absolute atomic E-state index is 0.117. The zero-order valence-electron chi connectivity index (χ0n) is 27.7. The quantitative estimate of drug-likeness (QED) is 0.0854. The van der Waals surface area contributed by atoms with Crippen molar-refractivity contribution in [2.75, 3.05) is 32.7 Å². The molecule has 1 aliphatic heterocycles. The molecule has 11 nitrogen and oxygen atoms in total. The van der Waals surface area contributed by atoms with Crippen LogP contribution in [0.25, 0.3) is 11.4 Å². The summed E-state index contributed by atoms with van der Waals surface area (Å²) in [6.45, 7) is 3.48. The molecule has 1 fully saturated rings. The van der Waals surface area contributed by atoms with Crippen molar-refractivity contribution in [2.24, 2.45) is 5.10 Å². The number of phenolic OH excluding ortho intramolecular Hbond substituents is 1. The van der Waals surface area contributed by atoms with Crippen LogP contribution in [-0.2, 0) is 30.7 Å². The molecular weight excluding hydrogens is 684 g/mol. The number of aromatic hydroxyl groups is 1. The Morgan fingerprint density at radius 3 is 2.31 bits per heavy atom. The Kier molecular flexibility index (Phi) is 11.4. The first-order chi connectivity index (χ1) is 25.1. The number of nitrogens with one attached hydrogen (secondary N) is 1. The van der Waals surface area contributed by atoms with E-state index < -0.39 is 11.7 Å². The smallest absolute Gasteiger partial charge is 0.416 e. The van der Waals surface area contributed by atoms with E-state index in [2.05, 4.69) is 25.6 Å². The third-order valence-corrected chi connectivity index (χ3v) is 8.14. The van der Waals surface area contributed by atoms with Gasteiger partial charge in [-0.1, -0.05) is 41.6 Å². The average Bonchev–Trinajstić information content (AvgIpc) is 3.60. The van der Waals surface area contributed by atoms with E-state index in [-0.39, 0.29) is 36.4 Å². The van der Waals surface area contributed by atoms with Crippen LogP contribution in [0.5, 0.6) is 17.2 Å². The van der Waals surface area contributed by atoms with Gasteiger partial charge in [0.1, 0.15) is 36.3 Å². The van der Waals surface area contributed by atoms with Gasteiger partial charge < -0.3 is 19.1 Å². The molecule has 270 valence electrons. The van der Waals surface area contributed by atoms with Crippen molar-refractivity contribution in [2.45, 2.75) is 25.9 Å². The number of hydrazone groups is 1. The zero-order valence-corrected chi connectivity index (χ0v) is 27.7. The molecule has 1 amide bonds. The maximum Gasteiger partial charge on any atom is 0.416 e. The van der Waals surface area contributed by atoms with E-state index in [1.165, 1.54) is 42.6 Å². The summed E-state index contributed by atoms with van der Waals surface area (Å²) in [5.74, 6) is 0.986. The number of aromatic nitrogens is 2. The Morgan fingerprint density at radius 2 is 1.58 bits per heavy atom. The molecule has 5 aromatic rings. The molecular formula is C37H34F4N6O5. The zero-order chi connectivity index (χ0) is 36.5.